The lowest BCUT2D eigenvalue weighted by Gasteiger charge is -2.24. The first-order valence-corrected chi connectivity index (χ1v) is 9.93. The van der Waals surface area contributed by atoms with Gasteiger partial charge in [0.25, 0.3) is 5.91 Å². The predicted molar refractivity (Wildman–Crippen MR) is 105 cm³/mol. The SMILES string of the molecule is CCSc1ccc(Cc2nnc(NC(=O)C3COc4ccccc4O3)o2)cc1. The van der Waals surface area contributed by atoms with E-state index in [2.05, 4.69) is 34.6 Å². The molecule has 0 saturated heterocycles. The number of para-hydroxylation sites is 2. The Morgan fingerprint density at radius 3 is 2.71 bits per heavy atom. The standard InChI is InChI=1S/C20H19N3O4S/c1-2-28-14-9-7-13(8-10-14)11-18-22-23-20(27-18)21-19(24)17-12-25-15-5-3-4-6-16(15)26-17/h3-10,17H,2,11-12H2,1H3,(H,21,23,24). The Morgan fingerprint density at radius 2 is 1.93 bits per heavy atom. The minimum absolute atomic E-state index is 0.0422. The summed E-state index contributed by atoms with van der Waals surface area (Å²) in [6, 6.07) is 15.5. The zero-order valence-corrected chi connectivity index (χ0v) is 16.1. The molecule has 1 unspecified atom stereocenters. The number of benzene rings is 2. The Kier molecular flexibility index (Phi) is 5.48. The third kappa shape index (κ3) is 4.28. The van der Waals surface area contributed by atoms with Crippen LogP contribution in [0.1, 0.15) is 18.4 Å². The van der Waals surface area contributed by atoms with Gasteiger partial charge in [-0.3, -0.25) is 10.1 Å². The van der Waals surface area contributed by atoms with E-state index in [-0.39, 0.29) is 12.6 Å². The molecule has 0 saturated carbocycles. The maximum absolute atomic E-state index is 12.4. The maximum Gasteiger partial charge on any atom is 0.322 e. The summed E-state index contributed by atoms with van der Waals surface area (Å²) in [5, 5.41) is 10.5. The van der Waals surface area contributed by atoms with Crippen LogP contribution in [0.5, 0.6) is 11.5 Å². The number of carbonyl (C=O) groups excluding carboxylic acids is 1. The molecule has 0 fully saturated rings. The van der Waals surface area contributed by atoms with Crippen LogP contribution in [0.25, 0.3) is 0 Å². The van der Waals surface area contributed by atoms with Crippen LogP contribution < -0.4 is 14.8 Å². The molecule has 0 bridgehead atoms. The molecule has 2 heterocycles. The van der Waals surface area contributed by atoms with E-state index in [1.54, 1.807) is 23.9 Å². The van der Waals surface area contributed by atoms with E-state index < -0.39 is 12.0 Å². The van der Waals surface area contributed by atoms with Crippen LogP contribution in [0.2, 0.25) is 0 Å². The fraction of sp³-hybridized carbons (Fsp3) is 0.250. The van der Waals surface area contributed by atoms with Gasteiger partial charge in [-0.1, -0.05) is 36.3 Å². The van der Waals surface area contributed by atoms with E-state index in [0.29, 0.717) is 23.8 Å². The van der Waals surface area contributed by atoms with Crippen LogP contribution in [0.3, 0.4) is 0 Å². The number of nitrogens with zero attached hydrogens (tertiary/aromatic N) is 2. The Bertz CT molecular complexity index is 958. The third-order valence-electron chi connectivity index (χ3n) is 4.09. The van der Waals surface area contributed by atoms with Gasteiger partial charge in [0.15, 0.2) is 11.5 Å². The molecule has 1 atom stereocenters. The summed E-state index contributed by atoms with van der Waals surface area (Å²) >= 11 is 1.79. The highest BCUT2D eigenvalue weighted by Crippen LogP contribution is 2.31. The van der Waals surface area contributed by atoms with Gasteiger partial charge in [0.05, 0.1) is 6.42 Å². The Balaban J connectivity index is 1.35. The topological polar surface area (TPSA) is 86.5 Å². The van der Waals surface area contributed by atoms with Crippen LogP contribution >= 0.6 is 11.8 Å². The minimum atomic E-state index is -0.783. The van der Waals surface area contributed by atoms with Gasteiger partial charge >= 0.3 is 6.01 Å². The van der Waals surface area contributed by atoms with E-state index in [4.69, 9.17) is 13.9 Å². The van der Waals surface area contributed by atoms with Crippen molar-refractivity contribution in [1.82, 2.24) is 10.2 Å². The van der Waals surface area contributed by atoms with E-state index in [0.717, 1.165) is 11.3 Å². The molecule has 1 N–H and O–H groups in total. The van der Waals surface area contributed by atoms with Crippen molar-refractivity contribution in [2.75, 3.05) is 17.7 Å². The number of rotatable bonds is 6. The molecule has 144 valence electrons. The number of amides is 1. The monoisotopic (exact) mass is 397 g/mol. The van der Waals surface area contributed by atoms with Crippen molar-refractivity contribution < 1.29 is 18.7 Å². The average Bonchev–Trinajstić information content (AvgIpc) is 3.16. The highest BCUT2D eigenvalue weighted by atomic mass is 32.2. The van der Waals surface area contributed by atoms with Crippen molar-refractivity contribution in [1.29, 1.82) is 0 Å². The van der Waals surface area contributed by atoms with E-state index >= 15 is 0 Å². The second-order valence-corrected chi connectivity index (χ2v) is 7.45. The summed E-state index contributed by atoms with van der Waals surface area (Å²) in [4.78, 5) is 13.6. The van der Waals surface area contributed by atoms with Gasteiger partial charge in [0.2, 0.25) is 12.0 Å². The number of fused-ring (bicyclic) bond motifs is 1. The zero-order valence-electron chi connectivity index (χ0n) is 15.3. The van der Waals surface area contributed by atoms with Crippen LogP contribution in [0.4, 0.5) is 6.01 Å². The van der Waals surface area contributed by atoms with Crippen molar-refractivity contribution in [2.24, 2.45) is 0 Å². The fourth-order valence-electron chi connectivity index (χ4n) is 2.75. The molecule has 0 spiro atoms. The predicted octanol–water partition coefficient (Wildman–Crippen LogP) is 3.55. The molecule has 1 aliphatic heterocycles. The van der Waals surface area contributed by atoms with Gasteiger partial charge < -0.3 is 13.9 Å². The molecule has 7 nitrogen and oxygen atoms in total. The molecule has 2 aromatic carbocycles. The summed E-state index contributed by atoms with van der Waals surface area (Å²) in [5.41, 5.74) is 1.06. The van der Waals surface area contributed by atoms with Gasteiger partial charge in [-0.15, -0.1) is 16.9 Å². The molecule has 1 aliphatic rings. The van der Waals surface area contributed by atoms with E-state index in [1.165, 1.54) is 4.90 Å². The number of carbonyl (C=O) groups is 1. The molecule has 3 aromatic rings. The van der Waals surface area contributed by atoms with Gasteiger partial charge in [0, 0.05) is 4.90 Å². The Labute approximate surface area is 166 Å². The summed E-state index contributed by atoms with van der Waals surface area (Å²) in [6.45, 7) is 2.24. The molecule has 0 aliphatic carbocycles. The van der Waals surface area contributed by atoms with Gasteiger partial charge in [-0.05, 0) is 35.6 Å². The highest BCUT2D eigenvalue weighted by molar-refractivity contribution is 7.99. The first kappa shape index (κ1) is 18.4. The van der Waals surface area contributed by atoms with Crippen LogP contribution in [0, 0.1) is 0 Å². The highest BCUT2D eigenvalue weighted by Gasteiger charge is 2.28. The lowest BCUT2D eigenvalue weighted by Crippen LogP contribution is -2.40. The number of aromatic nitrogens is 2. The van der Waals surface area contributed by atoms with Gasteiger partial charge in [-0.25, -0.2) is 0 Å². The number of nitrogens with one attached hydrogen (secondary N) is 1. The number of ether oxygens (including phenoxy) is 2. The van der Waals surface area contributed by atoms with E-state index in [9.17, 15) is 4.79 Å². The second kappa shape index (κ2) is 8.35. The van der Waals surface area contributed by atoms with E-state index in [1.807, 2.05) is 24.3 Å². The number of hydrogen-bond donors (Lipinski definition) is 1. The molecule has 4 rings (SSSR count). The van der Waals surface area contributed by atoms with Crippen LogP contribution in [-0.4, -0.2) is 34.6 Å². The van der Waals surface area contributed by atoms with Crippen molar-refractivity contribution in [3.8, 4) is 11.5 Å². The maximum atomic E-state index is 12.4. The summed E-state index contributed by atoms with van der Waals surface area (Å²) in [7, 11) is 0. The summed E-state index contributed by atoms with van der Waals surface area (Å²) in [6.07, 6.45) is -0.287. The largest absolute Gasteiger partial charge is 0.485 e. The van der Waals surface area contributed by atoms with Gasteiger partial charge in [-0.2, -0.15) is 0 Å². The van der Waals surface area contributed by atoms with Crippen LogP contribution in [-0.2, 0) is 11.2 Å². The minimum Gasteiger partial charge on any atom is -0.485 e. The summed E-state index contributed by atoms with van der Waals surface area (Å²) in [5.74, 6) is 2.22. The Morgan fingerprint density at radius 1 is 1.14 bits per heavy atom. The normalized spacial score (nSPS) is 15.2. The van der Waals surface area contributed by atoms with Crippen molar-refractivity contribution >= 4 is 23.7 Å². The Hall–Kier alpha value is -3.00. The number of hydrogen-bond acceptors (Lipinski definition) is 7. The molecule has 1 aromatic heterocycles. The van der Waals surface area contributed by atoms with Crippen molar-refractivity contribution in [3.63, 3.8) is 0 Å². The third-order valence-corrected chi connectivity index (χ3v) is 4.98. The molecule has 8 heteroatoms. The first-order valence-electron chi connectivity index (χ1n) is 8.94. The number of thioether (sulfide) groups is 1. The molecular weight excluding hydrogens is 378 g/mol. The summed E-state index contributed by atoms with van der Waals surface area (Å²) < 4.78 is 16.8. The molecule has 1 amide bonds. The van der Waals surface area contributed by atoms with Crippen molar-refractivity contribution in [2.45, 2.75) is 24.3 Å². The smallest absolute Gasteiger partial charge is 0.322 e. The average molecular weight is 397 g/mol. The number of anilines is 1. The van der Waals surface area contributed by atoms with Crippen LogP contribution in [0.15, 0.2) is 57.8 Å². The first-order chi connectivity index (χ1) is 13.7. The molecule has 0 radical (unpaired) electrons. The lowest BCUT2D eigenvalue weighted by atomic mass is 10.1. The van der Waals surface area contributed by atoms with Gasteiger partial charge in [0.1, 0.15) is 6.61 Å². The fourth-order valence-corrected chi connectivity index (χ4v) is 3.42. The zero-order chi connectivity index (χ0) is 19.3. The second-order valence-electron chi connectivity index (χ2n) is 6.11. The molecular formula is C20H19N3O4S. The lowest BCUT2D eigenvalue weighted by molar-refractivity contribution is -0.125. The molecule has 28 heavy (non-hydrogen) atoms. The quantitative estimate of drug-likeness (QED) is 0.637. The van der Waals surface area contributed by atoms with Crippen molar-refractivity contribution in [3.05, 3.63) is 60.0 Å².